The summed E-state index contributed by atoms with van der Waals surface area (Å²) in [4.78, 5) is 31.2. The molecule has 0 spiro atoms. The molecule has 154 valence electrons. The number of benzene rings is 1. The van der Waals surface area contributed by atoms with Crippen molar-refractivity contribution in [2.45, 2.75) is 32.8 Å². The van der Waals surface area contributed by atoms with Crippen LogP contribution in [0.1, 0.15) is 25.3 Å². The lowest BCUT2D eigenvalue weighted by atomic mass is 9.96. The van der Waals surface area contributed by atoms with Crippen molar-refractivity contribution in [2.24, 2.45) is 5.92 Å². The van der Waals surface area contributed by atoms with E-state index in [0.717, 1.165) is 18.4 Å². The van der Waals surface area contributed by atoms with Gasteiger partial charge in [0, 0.05) is 24.3 Å². The number of rotatable bonds is 5. The first-order chi connectivity index (χ1) is 13.8. The van der Waals surface area contributed by atoms with Crippen LogP contribution in [0.25, 0.3) is 0 Å². The standard InChI is InChI=1S/C21H23Cl2N3O3/c1-13-10-17(6-7-18(13)23)29-14(2)21(28)26-9-3-4-15(12-26)20(27)25-19-8-5-16(22)11-24-19/h5-8,10-11,14-15H,3-4,9,12H2,1-2H3,(H,24,25,27). The molecule has 1 aliphatic heterocycles. The first-order valence-corrected chi connectivity index (χ1v) is 10.2. The third kappa shape index (κ3) is 5.61. The first-order valence-electron chi connectivity index (χ1n) is 9.47. The lowest BCUT2D eigenvalue weighted by Gasteiger charge is -2.33. The molecule has 2 unspecified atom stereocenters. The third-order valence-corrected chi connectivity index (χ3v) is 5.52. The molecule has 0 aliphatic carbocycles. The minimum Gasteiger partial charge on any atom is -0.481 e. The zero-order chi connectivity index (χ0) is 21.0. The minimum atomic E-state index is -0.657. The van der Waals surface area contributed by atoms with Crippen LogP contribution in [0.4, 0.5) is 5.82 Å². The molecule has 1 N–H and O–H groups in total. The maximum atomic E-state index is 12.8. The average molecular weight is 436 g/mol. The number of piperidine rings is 1. The van der Waals surface area contributed by atoms with Gasteiger partial charge in [-0.1, -0.05) is 23.2 Å². The fourth-order valence-electron chi connectivity index (χ4n) is 3.27. The summed E-state index contributed by atoms with van der Waals surface area (Å²) < 4.78 is 5.79. The van der Waals surface area contributed by atoms with Crippen LogP contribution < -0.4 is 10.1 Å². The van der Waals surface area contributed by atoms with Crippen LogP contribution in [-0.4, -0.2) is 40.9 Å². The molecule has 1 aromatic carbocycles. The van der Waals surface area contributed by atoms with Crippen LogP contribution in [0, 0.1) is 12.8 Å². The number of hydrogen-bond donors (Lipinski definition) is 1. The van der Waals surface area contributed by atoms with E-state index < -0.39 is 6.10 Å². The second-order valence-electron chi connectivity index (χ2n) is 7.15. The van der Waals surface area contributed by atoms with Gasteiger partial charge >= 0.3 is 0 Å². The van der Waals surface area contributed by atoms with Crippen LogP contribution in [0.5, 0.6) is 5.75 Å². The number of likely N-dealkylation sites (tertiary alicyclic amines) is 1. The van der Waals surface area contributed by atoms with E-state index in [1.165, 1.54) is 6.20 Å². The van der Waals surface area contributed by atoms with Crippen LogP contribution in [0.3, 0.4) is 0 Å². The Bertz CT molecular complexity index is 889. The summed E-state index contributed by atoms with van der Waals surface area (Å²) in [7, 11) is 0. The topological polar surface area (TPSA) is 71.5 Å². The predicted octanol–water partition coefficient (Wildman–Crippen LogP) is 4.34. The smallest absolute Gasteiger partial charge is 0.263 e. The SMILES string of the molecule is Cc1cc(OC(C)C(=O)N2CCCC(C(=O)Nc3ccc(Cl)cn3)C2)ccc1Cl. The van der Waals surface area contributed by atoms with Gasteiger partial charge in [-0.15, -0.1) is 0 Å². The molecule has 6 nitrogen and oxygen atoms in total. The van der Waals surface area contributed by atoms with Gasteiger partial charge < -0.3 is 15.0 Å². The van der Waals surface area contributed by atoms with Crippen molar-refractivity contribution in [3.63, 3.8) is 0 Å². The first kappa shape index (κ1) is 21.4. The van der Waals surface area contributed by atoms with E-state index in [1.807, 2.05) is 6.92 Å². The minimum absolute atomic E-state index is 0.139. The second kappa shape index (κ2) is 9.46. The number of nitrogens with zero attached hydrogens (tertiary/aromatic N) is 2. The number of ether oxygens (including phenoxy) is 1. The molecule has 1 aromatic heterocycles. The van der Waals surface area contributed by atoms with Gasteiger partial charge in [0.2, 0.25) is 5.91 Å². The van der Waals surface area contributed by atoms with Crippen LogP contribution >= 0.6 is 23.2 Å². The Balaban J connectivity index is 1.58. The van der Waals surface area contributed by atoms with Crippen molar-refractivity contribution in [3.8, 4) is 5.75 Å². The normalized spacial score (nSPS) is 17.5. The van der Waals surface area contributed by atoms with Gasteiger partial charge in [-0.3, -0.25) is 9.59 Å². The molecule has 2 aromatic rings. The molecule has 0 saturated carbocycles. The summed E-state index contributed by atoms with van der Waals surface area (Å²) in [6.45, 7) is 4.55. The van der Waals surface area contributed by atoms with Gasteiger partial charge in [-0.2, -0.15) is 0 Å². The molecule has 2 amide bonds. The molecular formula is C21H23Cl2N3O3. The van der Waals surface area contributed by atoms with Crippen LogP contribution in [-0.2, 0) is 9.59 Å². The Morgan fingerprint density at radius 2 is 2.07 bits per heavy atom. The molecule has 1 aliphatic rings. The van der Waals surface area contributed by atoms with Gasteiger partial charge in [0.15, 0.2) is 6.10 Å². The maximum Gasteiger partial charge on any atom is 0.263 e. The van der Waals surface area contributed by atoms with Crippen molar-refractivity contribution in [1.29, 1.82) is 0 Å². The fourth-order valence-corrected chi connectivity index (χ4v) is 3.50. The number of anilines is 1. The molecule has 8 heteroatoms. The average Bonchev–Trinajstić information content (AvgIpc) is 2.72. The highest BCUT2D eigenvalue weighted by molar-refractivity contribution is 6.31. The third-order valence-electron chi connectivity index (χ3n) is 4.87. The maximum absolute atomic E-state index is 12.8. The van der Waals surface area contributed by atoms with Gasteiger partial charge in [-0.25, -0.2) is 4.98 Å². The monoisotopic (exact) mass is 435 g/mol. The highest BCUT2D eigenvalue weighted by atomic mass is 35.5. The summed E-state index contributed by atoms with van der Waals surface area (Å²) >= 11 is 11.9. The molecule has 2 atom stereocenters. The number of carbonyl (C=O) groups is 2. The van der Waals surface area contributed by atoms with Gasteiger partial charge in [0.25, 0.3) is 5.91 Å². The Morgan fingerprint density at radius 3 is 2.76 bits per heavy atom. The zero-order valence-corrected chi connectivity index (χ0v) is 17.8. The van der Waals surface area contributed by atoms with E-state index in [4.69, 9.17) is 27.9 Å². The van der Waals surface area contributed by atoms with E-state index in [-0.39, 0.29) is 17.7 Å². The number of amides is 2. The van der Waals surface area contributed by atoms with Crippen LogP contribution in [0.15, 0.2) is 36.5 Å². The predicted molar refractivity (Wildman–Crippen MR) is 113 cm³/mol. The van der Waals surface area contributed by atoms with Crippen molar-refractivity contribution in [3.05, 3.63) is 52.1 Å². The molecule has 0 radical (unpaired) electrons. The molecule has 3 rings (SSSR count). The molecule has 2 heterocycles. The second-order valence-corrected chi connectivity index (χ2v) is 7.99. The molecule has 29 heavy (non-hydrogen) atoms. The number of aromatic nitrogens is 1. The van der Waals surface area contributed by atoms with E-state index in [0.29, 0.717) is 34.7 Å². The Labute approximate surface area is 180 Å². The van der Waals surface area contributed by atoms with Crippen molar-refractivity contribution in [1.82, 2.24) is 9.88 Å². The number of aryl methyl sites for hydroxylation is 1. The number of nitrogens with one attached hydrogen (secondary N) is 1. The highest BCUT2D eigenvalue weighted by Crippen LogP contribution is 2.24. The lowest BCUT2D eigenvalue weighted by molar-refractivity contribution is -0.140. The number of halogens is 2. The van der Waals surface area contributed by atoms with Crippen molar-refractivity contribution < 1.29 is 14.3 Å². The number of carbonyl (C=O) groups excluding carboxylic acids is 2. The van der Waals surface area contributed by atoms with Crippen molar-refractivity contribution in [2.75, 3.05) is 18.4 Å². The summed E-state index contributed by atoms with van der Waals surface area (Å²) in [6, 6.07) is 8.60. The van der Waals surface area contributed by atoms with E-state index >= 15 is 0 Å². The van der Waals surface area contributed by atoms with Gasteiger partial charge in [0.1, 0.15) is 11.6 Å². The lowest BCUT2D eigenvalue weighted by Crippen LogP contribution is -2.48. The molecule has 0 bridgehead atoms. The summed E-state index contributed by atoms with van der Waals surface area (Å²) in [6.07, 6.45) is 2.29. The van der Waals surface area contributed by atoms with Gasteiger partial charge in [0.05, 0.1) is 10.9 Å². The number of hydrogen-bond acceptors (Lipinski definition) is 4. The molecular weight excluding hydrogens is 413 g/mol. The van der Waals surface area contributed by atoms with E-state index in [1.54, 1.807) is 42.2 Å². The summed E-state index contributed by atoms with van der Waals surface area (Å²) in [5.41, 5.74) is 0.884. The fraction of sp³-hybridized carbons (Fsp3) is 0.381. The Hall–Kier alpha value is -2.31. The quantitative estimate of drug-likeness (QED) is 0.757. The van der Waals surface area contributed by atoms with Crippen molar-refractivity contribution >= 4 is 40.8 Å². The summed E-state index contributed by atoms with van der Waals surface area (Å²) in [5, 5.41) is 3.94. The largest absolute Gasteiger partial charge is 0.481 e. The van der Waals surface area contributed by atoms with E-state index in [2.05, 4.69) is 10.3 Å². The van der Waals surface area contributed by atoms with Crippen LogP contribution in [0.2, 0.25) is 10.0 Å². The highest BCUT2D eigenvalue weighted by Gasteiger charge is 2.31. The molecule has 1 fully saturated rings. The zero-order valence-electron chi connectivity index (χ0n) is 16.3. The molecule has 1 saturated heterocycles. The Morgan fingerprint density at radius 1 is 1.28 bits per heavy atom. The summed E-state index contributed by atoms with van der Waals surface area (Å²) in [5.74, 6) is 0.444. The van der Waals surface area contributed by atoms with Gasteiger partial charge in [-0.05, 0) is 62.6 Å². The Kier molecular flexibility index (Phi) is 6.98. The number of pyridine rings is 1. The van der Waals surface area contributed by atoms with E-state index in [9.17, 15) is 9.59 Å².